The largest absolute Gasteiger partial charge is 0.379 e. The minimum Gasteiger partial charge on any atom is -0.379 e. The van der Waals surface area contributed by atoms with Gasteiger partial charge in [-0.15, -0.1) is 0 Å². The number of ether oxygens (including phenoxy) is 1. The average molecular weight is 233 g/mol. The van der Waals surface area contributed by atoms with Crippen LogP contribution in [0.4, 0.5) is 0 Å². The van der Waals surface area contributed by atoms with Crippen LogP contribution in [0.15, 0.2) is 30.3 Å². The molecule has 2 saturated heterocycles. The van der Waals surface area contributed by atoms with Crippen molar-refractivity contribution >= 4 is 0 Å². The molecule has 3 rings (SSSR count). The molecule has 0 aromatic heterocycles. The smallest absolute Gasteiger partial charge is 0.0733 e. The van der Waals surface area contributed by atoms with Crippen molar-refractivity contribution in [1.82, 2.24) is 5.06 Å². The van der Waals surface area contributed by atoms with E-state index in [1.807, 2.05) is 6.07 Å². The van der Waals surface area contributed by atoms with Crippen LogP contribution in [-0.2, 0) is 16.1 Å². The number of hydroxylamine groups is 2. The van der Waals surface area contributed by atoms with Crippen LogP contribution in [0.25, 0.3) is 0 Å². The average Bonchev–Trinajstić information content (AvgIpc) is 2.76. The van der Waals surface area contributed by atoms with Crippen molar-refractivity contribution in [3.05, 3.63) is 35.9 Å². The summed E-state index contributed by atoms with van der Waals surface area (Å²) in [6.07, 6.45) is 0. The van der Waals surface area contributed by atoms with E-state index in [1.54, 1.807) is 0 Å². The zero-order valence-corrected chi connectivity index (χ0v) is 10.2. The zero-order chi connectivity index (χ0) is 11.7. The Morgan fingerprint density at radius 1 is 1.18 bits per heavy atom. The Labute approximate surface area is 102 Å². The van der Waals surface area contributed by atoms with E-state index in [4.69, 9.17) is 9.57 Å². The molecule has 0 aliphatic carbocycles. The van der Waals surface area contributed by atoms with E-state index in [0.717, 1.165) is 26.4 Å². The number of fused-ring (bicyclic) bond motifs is 1. The Kier molecular flexibility index (Phi) is 3.14. The van der Waals surface area contributed by atoms with E-state index in [1.165, 1.54) is 5.56 Å². The van der Waals surface area contributed by atoms with Crippen LogP contribution in [-0.4, -0.2) is 30.9 Å². The highest BCUT2D eigenvalue weighted by Gasteiger charge is 2.41. The molecule has 1 aromatic carbocycles. The SMILES string of the molecule is C[C@H]1COC[C@H]2[C@@H]1CON2Cc1ccccc1. The van der Waals surface area contributed by atoms with Gasteiger partial charge in [0.15, 0.2) is 0 Å². The highest BCUT2D eigenvalue weighted by molar-refractivity contribution is 5.14. The lowest BCUT2D eigenvalue weighted by Gasteiger charge is -2.33. The fourth-order valence-electron chi connectivity index (χ4n) is 2.78. The third kappa shape index (κ3) is 2.23. The number of nitrogens with zero attached hydrogens (tertiary/aromatic N) is 1. The van der Waals surface area contributed by atoms with Crippen LogP contribution in [0.3, 0.4) is 0 Å². The van der Waals surface area contributed by atoms with E-state index in [9.17, 15) is 0 Å². The molecule has 17 heavy (non-hydrogen) atoms. The molecule has 0 spiro atoms. The van der Waals surface area contributed by atoms with Gasteiger partial charge in [-0.1, -0.05) is 37.3 Å². The fourth-order valence-corrected chi connectivity index (χ4v) is 2.78. The lowest BCUT2D eigenvalue weighted by molar-refractivity contribution is -0.153. The van der Waals surface area contributed by atoms with Crippen molar-refractivity contribution in [3.8, 4) is 0 Å². The predicted octanol–water partition coefficient (Wildman–Crippen LogP) is 2.08. The lowest BCUT2D eigenvalue weighted by Crippen LogP contribution is -2.43. The predicted molar refractivity (Wildman–Crippen MR) is 65.2 cm³/mol. The molecule has 3 heteroatoms. The van der Waals surface area contributed by atoms with E-state index < -0.39 is 0 Å². The highest BCUT2D eigenvalue weighted by Crippen LogP contribution is 2.32. The lowest BCUT2D eigenvalue weighted by atomic mass is 9.87. The van der Waals surface area contributed by atoms with Gasteiger partial charge in [0.25, 0.3) is 0 Å². The maximum absolute atomic E-state index is 5.83. The second-order valence-corrected chi connectivity index (χ2v) is 5.10. The summed E-state index contributed by atoms with van der Waals surface area (Å²) >= 11 is 0. The first-order valence-corrected chi connectivity index (χ1v) is 6.36. The van der Waals surface area contributed by atoms with E-state index in [-0.39, 0.29) is 0 Å². The van der Waals surface area contributed by atoms with Crippen molar-refractivity contribution in [1.29, 1.82) is 0 Å². The first kappa shape index (κ1) is 11.2. The third-order valence-electron chi connectivity index (χ3n) is 3.88. The molecule has 3 atom stereocenters. The van der Waals surface area contributed by atoms with Gasteiger partial charge in [0.05, 0.1) is 19.3 Å². The van der Waals surface area contributed by atoms with Crippen molar-refractivity contribution in [3.63, 3.8) is 0 Å². The minimum absolute atomic E-state index is 0.430. The van der Waals surface area contributed by atoms with Gasteiger partial charge >= 0.3 is 0 Å². The Balaban J connectivity index is 1.69. The maximum Gasteiger partial charge on any atom is 0.0733 e. The second-order valence-electron chi connectivity index (χ2n) is 5.10. The topological polar surface area (TPSA) is 21.7 Å². The minimum atomic E-state index is 0.430. The number of hydrogen-bond acceptors (Lipinski definition) is 3. The highest BCUT2D eigenvalue weighted by atomic mass is 16.7. The van der Waals surface area contributed by atoms with Crippen molar-refractivity contribution < 1.29 is 9.57 Å². The Hall–Kier alpha value is -0.900. The molecule has 3 nitrogen and oxygen atoms in total. The van der Waals surface area contributed by atoms with Gasteiger partial charge in [-0.3, -0.25) is 4.84 Å². The first-order valence-electron chi connectivity index (χ1n) is 6.36. The summed E-state index contributed by atoms with van der Waals surface area (Å²) in [6, 6.07) is 10.9. The molecule has 0 bridgehead atoms. The Morgan fingerprint density at radius 2 is 2.00 bits per heavy atom. The second kappa shape index (κ2) is 4.77. The molecular weight excluding hydrogens is 214 g/mol. The molecule has 2 aliphatic rings. The van der Waals surface area contributed by atoms with Crippen LogP contribution in [0.2, 0.25) is 0 Å². The summed E-state index contributed by atoms with van der Waals surface area (Å²) in [4.78, 5) is 5.83. The molecule has 0 radical (unpaired) electrons. The molecule has 0 amide bonds. The monoisotopic (exact) mass is 233 g/mol. The van der Waals surface area contributed by atoms with E-state index >= 15 is 0 Å². The molecule has 2 aliphatic heterocycles. The molecular formula is C14H19NO2. The van der Waals surface area contributed by atoms with Crippen molar-refractivity contribution in [2.45, 2.75) is 19.5 Å². The summed E-state index contributed by atoms with van der Waals surface area (Å²) in [6.45, 7) is 5.65. The van der Waals surface area contributed by atoms with Gasteiger partial charge in [0.1, 0.15) is 0 Å². The molecule has 2 fully saturated rings. The van der Waals surface area contributed by atoms with Crippen LogP contribution < -0.4 is 0 Å². The quantitative estimate of drug-likeness (QED) is 0.780. The van der Waals surface area contributed by atoms with Gasteiger partial charge in [-0.05, 0) is 11.5 Å². The third-order valence-corrected chi connectivity index (χ3v) is 3.88. The first-order chi connectivity index (χ1) is 8.34. The molecule has 0 unspecified atom stereocenters. The van der Waals surface area contributed by atoms with Gasteiger partial charge in [0.2, 0.25) is 0 Å². The summed E-state index contributed by atoms with van der Waals surface area (Å²) in [7, 11) is 0. The van der Waals surface area contributed by atoms with E-state index in [2.05, 4.69) is 36.3 Å². The van der Waals surface area contributed by atoms with Crippen LogP contribution >= 0.6 is 0 Å². The van der Waals surface area contributed by atoms with Gasteiger partial charge in [-0.25, -0.2) is 0 Å². The van der Waals surface area contributed by atoms with Gasteiger partial charge < -0.3 is 4.74 Å². The summed E-state index contributed by atoms with van der Waals surface area (Å²) in [5.41, 5.74) is 1.30. The molecule has 92 valence electrons. The van der Waals surface area contributed by atoms with Crippen molar-refractivity contribution in [2.75, 3.05) is 19.8 Å². The Morgan fingerprint density at radius 3 is 2.82 bits per heavy atom. The summed E-state index contributed by atoms with van der Waals surface area (Å²) in [5, 5.41) is 2.11. The number of rotatable bonds is 2. The number of benzene rings is 1. The maximum atomic E-state index is 5.83. The zero-order valence-electron chi connectivity index (χ0n) is 10.2. The van der Waals surface area contributed by atoms with Crippen LogP contribution in [0.5, 0.6) is 0 Å². The number of hydrogen-bond donors (Lipinski definition) is 0. The van der Waals surface area contributed by atoms with Crippen LogP contribution in [0, 0.1) is 11.8 Å². The van der Waals surface area contributed by atoms with Crippen LogP contribution in [0.1, 0.15) is 12.5 Å². The molecule has 2 heterocycles. The van der Waals surface area contributed by atoms with Gasteiger partial charge in [0, 0.05) is 19.1 Å². The molecule has 0 N–H and O–H groups in total. The Bertz CT molecular complexity index is 368. The standard InChI is InChI=1S/C14H19NO2/c1-11-8-16-10-14-13(11)9-17-15(14)7-12-5-3-2-4-6-12/h2-6,11,13-14H,7-10H2,1H3/t11-,13+,14-/m0/s1. The van der Waals surface area contributed by atoms with E-state index in [0.29, 0.717) is 17.9 Å². The van der Waals surface area contributed by atoms with Crippen molar-refractivity contribution in [2.24, 2.45) is 11.8 Å². The molecule has 0 saturated carbocycles. The summed E-state index contributed by atoms with van der Waals surface area (Å²) in [5.74, 6) is 1.24. The molecule has 1 aromatic rings. The normalized spacial score (nSPS) is 33.6. The fraction of sp³-hybridized carbons (Fsp3) is 0.571. The van der Waals surface area contributed by atoms with Gasteiger partial charge in [-0.2, -0.15) is 5.06 Å². The summed E-state index contributed by atoms with van der Waals surface area (Å²) < 4.78 is 5.64.